The number of amides is 1. The average molecular weight is 251 g/mol. The van der Waals surface area contributed by atoms with Gasteiger partial charge in [-0.3, -0.25) is 4.79 Å². The van der Waals surface area contributed by atoms with Gasteiger partial charge in [-0.1, -0.05) is 11.6 Å². The number of hydrogen-bond acceptors (Lipinski definition) is 3. The van der Waals surface area contributed by atoms with Gasteiger partial charge in [0.15, 0.2) is 0 Å². The van der Waals surface area contributed by atoms with Crippen molar-refractivity contribution in [2.24, 2.45) is 0 Å². The Kier molecular flexibility index (Phi) is 2.12. The van der Waals surface area contributed by atoms with Crippen molar-refractivity contribution in [2.75, 3.05) is 10.6 Å². The highest BCUT2D eigenvalue weighted by Crippen LogP contribution is 2.35. The summed E-state index contributed by atoms with van der Waals surface area (Å²) in [6.07, 6.45) is 0. The largest absolute Gasteiger partial charge is 0.352 e. The Morgan fingerprint density at radius 1 is 1.06 bits per heavy atom. The molecule has 0 unspecified atom stereocenters. The van der Waals surface area contributed by atoms with E-state index in [1.807, 2.05) is 16.8 Å². The van der Waals surface area contributed by atoms with Crippen LogP contribution >= 0.6 is 22.9 Å². The van der Waals surface area contributed by atoms with E-state index in [4.69, 9.17) is 11.6 Å². The van der Waals surface area contributed by atoms with Crippen LogP contribution in [0, 0.1) is 0 Å². The third-order valence-corrected chi connectivity index (χ3v) is 3.38. The highest BCUT2D eigenvalue weighted by atomic mass is 35.5. The van der Waals surface area contributed by atoms with Crippen molar-refractivity contribution < 1.29 is 4.79 Å². The number of thiophene rings is 1. The van der Waals surface area contributed by atoms with Crippen molar-refractivity contribution >= 4 is 45.9 Å². The number of hydrogen-bond donors (Lipinski definition) is 2. The summed E-state index contributed by atoms with van der Waals surface area (Å²) in [5.74, 6) is -0.137. The predicted molar refractivity (Wildman–Crippen MR) is 67.0 cm³/mol. The topological polar surface area (TPSA) is 41.1 Å². The molecule has 1 aliphatic heterocycles. The third-order valence-electron chi connectivity index (χ3n) is 2.41. The van der Waals surface area contributed by atoms with Crippen LogP contribution in [0.2, 0.25) is 5.02 Å². The highest BCUT2D eigenvalue weighted by molar-refractivity contribution is 7.09. The van der Waals surface area contributed by atoms with Crippen molar-refractivity contribution in [3.05, 3.63) is 39.5 Å². The number of nitrogens with one attached hydrogen (secondary N) is 2. The molecule has 2 heterocycles. The fourth-order valence-corrected chi connectivity index (χ4v) is 2.52. The molecule has 0 aliphatic carbocycles. The quantitative estimate of drug-likeness (QED) is 0.748. The molecule has 1 aromatic carbocycles. The molecule has 0 spiro atoms. The Bertz CT molecular complexity index is 579. The number of benzene rings is 1. The standard InChI is InChI=1S/C11H7ClN2OS/c12-6-1-2-8-7(3-6)11(15)14-10-5-16-4-9(10)13-8/h1-5,13H,(H,14,15). The molecule has 0 radical (unpaired) electrons. The van der Waals surface area contributed by atoms with Crippen LogP contribution in [0.3, 0.4) is 0 Å². The average Bonchev–Trinajstić information content (AvgIpc) is 2.63. The van der Waals surface area contributed by atoms with Crippen molar-refractivity contribution in [3.8, 4) is 0 Å². The Morgan fingerprint density at radius 2 is 1.81 bits per heavy atom. The molecule has 0 saturated heterocycles. The van der Waals surface area contributed by atoms with Gasteiger partial charge in [-0.25, -0.2) is 0 Å². The van der Waals surface area contributed by atoms with Crippen LogP contribution < -0.4 is 10.6 Å². The van der Waals surface area contributed by atoms with E-state index in [0.29, 0.717) is 10.6 Å². The van der Waals surface area contributed by atoms with Crippen LogP contribution in [0.1, 0.15) is 10.4 Å². The van der Waals surface area contributed by atoms with Crippen LogP contribution in [0.15, 0.2) is 29.0 Å². The summed E-state index contributed by atoms with van der Waals surface area (Å²) in [6, 6.07) is 5.23. The minimum atomic E-state index is -0.137. The van der Waals surface area contributed by atoms with Crippen LogP contribution in [0.4, 0.5) is 17.1 Å². The maximum absolute atomic E-state index is 11.9. The van der Waals surface area contributed by atoms with Crippen LogP contribution in [0.25, 0.3) is 0 Å². The Morgan fingerprint density at radius 3 is 2.62 bits per heavy atom. The van der Waals surface area contributed by atoms with E-state index in [-0.39, 0.29) is 5.91 Å². The summed E-state index contributed by atoms with van der Waals surface area (Å²) >= 11 is 7.42. The molecule has 2 N–H and O–H groups in total. The first-order valence-electron chi connectivity index (χ1n) is 4.68. The van der Waals surface area contributed by atoms with E-state index >= 15 is 0 Å². The van der Waals surface area contributed by atoms with Gasteiger partial charge in [-0.05, 0) is 18.2 Å². The molecule has 1 aromatic heterocycles. The van der Waals surface area contributed by atoms with Gasteiger partial charge in [0.05, 0.1) is 22.6 Å². The fourth-order valence-electron chi connectivity index (χ4n) is 1.64. The predicted octanol–water partition coefficient (Wildman–Crippen LogP) is 3.71. The van der Waals surface area contributed by atoms with E-state index < -0.39 is 0 Å². The fraction of sp³-hybridized carbons (Fsp3) is 0. The van der Waals surface area contributed by atoms with Gasteiger partial charge in [0.2, 0.25) is 0 Å². The Balaban J connectivity index is 2.18. The van der Waals surface area contributed by atoms with Crippen molar-refractivity contribution in [1.29, 1.82) is 0 Å². The number of anilines is 3. The minimum Gasteiger partial charge on any atom is -0.352 e. The summed E-state index contributed by atoms with van der Waals surface area (Å²) in [5.41, 5.74) is 3.06. The normalized spacial score (nSPS) is 13.2. The van der Waals surface area contributed by atoms with Crippen molar-refractivity contribution in [3.63, 3.8) is 0 Å². The SMILES string of the molecule is O=C1Nc2cscc2Nc2ccc(Cl)cc21. The third kappa shape index (κ3) is 1.47. The second-order valence-electron chi connectivity index (χ2n) is 3.47. The molecule has 80 valence electrons. The van der Waals surface area contributed by atoms with Gasteiger partial charge < -0.3 is 10.6 Å². The molecule has 0 saturated carbocycles. The maximum atomic E-state index is 11.9. The number of rotatable bonds is 0. The first kappa shape index (κ1) is 9.69. The van der Waals surface area contributed by atoms with Gasteiger partial charge in [0.1, 0.15) is 0 Å². The molecule has 16 heavy (non-hydrogen) atoms. The van der Waals surface area contributed by atoms with Crippen LogP contribution in [0.5, 0.6) is 0 Å². The number of carbonyl (C=O) groups is 1. The van der Waals surface area contributed by atoms with Gasteiger partial charge in [0.25, 0.3) is 5.91 Å². The lowest BCUT2D eigenvalue weighted by Gasteiger charge is -2.05. The first-order valence-corrected chi connectivity index (χ1v) is 6.00. The van der Waals surface area contributed by atoms with Crippen LogP contribution in [-0.2, 0) is 0 Å². The van der Waals surface area contributed by atoms with E-state index in [1.165, 1.54) is 0 Å². The molecule has 0 atom stereocenters. The lowest BCUT2D eigenvalue weighted by molar-refractivity contribution is 0.102. The molecule has 0 fully saturated rings. The molecular weight excluding hydrogens is 244 g/mol. The monoisotopic (exact) mass is 250 g/mol. The Labute approximate surface area is 101 Å². The van der Waals surface area contributed by atoms with E-state index in [2.05, 4.69) is 10.6 Å². The summed E-state index contributed by atoms with van der Waals surface area (Å²) in [6.45, 7) is 0. The second-order valence-corrected chi connectivity index (χ2v) is 4.65. The second kappa shape index (κ2) is 3.50. The maximum Gasteiger partial charge on any atom is 0.257 e. The summed E-state index contributed by atoms with van der Waals surface area (Å²) < 4.78 is 0. The number of fused-ring (bicyclic) bond motifs is 2. The minimum absolute atomic E-state index is 0.137. The molecule has 5 heteroatoms. The van der Waals surface area contributed by atoms with E-state index in [1.54, 1.807) is 23.5 Å². The van der Waals surface area contributed by atoms with Crippen LogP contribution in [-0.4, -0.2) is 5.91 Å². The zero-order valence-corrected chi connectivity index (χ0v) is 9.65. The highest BCUT2D eigenvalue weighted by Gasteiger charge is 2.19. The molecule has 2 aromatic rings. The summed E-state index contributed by atoms with van der Waals surface area (Å²) in [7, 11) is 0. The number of carbonyl (C=O) groups excluding carboxylic acids is 1. The smallest absolute Gasteiger partial charge is 0.257 e. The van der Waals surface area contributed by atoms with Crippen molar-refractivity contribution in [2.45, 2.75) is 0 Å². The zero-order chi connectivity index (χ0) is 11.1. The molecule has 1 aliphatic rings. The van der Waals surface area contributed by atoms with Gasteiger partial charge >= 0.3 is 0 Å². The van der Waals surface area contributed by atoms with Gasteiger partial charge in [-0.2, -0.15) is 0 Å². The molecule has 0 bridgehead atoms. The molecular formula is C11H7ClN2OS. The molecule has 3 nitrogen and oxygen atoms in total. The lowest BCUT2D eigenvalue weighted by atomic mass is 10.1. The first-order chi connectivity index (χ1) is 7.74. The van der Waals surface area contributed by atoms with Crippen molar-refractivity contribution in [1.82, 2.24) is 0 Å². The van der Waals surface area contributed by atoms with E-state index in [9.17, 15) is 4.79 Å². The Hall–Kier alpha value is -1.52. The molecule has 3 rings (SSSR count). The van der Waals surface area contributed by atoms with Gasteiger partial charge in [-0.15, -0.1) is 11.3 Å². The summed E-state index contributed by atoms with van der Waals surface area (Å²) in [4.78, 5) is 11.9. The summed E-state index contributed by atoms with van der Waals surface area (Å²) in [5, 5.41) is 10.5. The van der Waals surface area contributed by atoms with Gasteiger partial charge in [0, 0.05) is 15.8 Å². The van der Waals surface area contributed by atoms with E-state index in [0.717, 1.165) is 17.1 Å². The molecule has 1 amide bonds. The zero-order valence-electron chi connectivity index (χ0n) is 8.08. The number of halogens is 1. The lowest BCUT2D eigenvalue weighted by Crippen LogP contribution is -2.10.